The fourth-order valence-corrected chi connectivity index (χ4v) is 1.90. The molecule has 3 nitrogen and oxygen atoms in total. The van der Waals surface area contributed by atoms with Crippen LogP contribution in [0.3, 0.4) is 0 Å². The third-order valence-corrected chi connectivity index (χ3v) is 3.01. The molecule has 0 bridgehead atoms. The van der Waals surface area contributed by atoms with Crippen LogP contribution in [0.1, 0.15) is 51.3 Å². The minimum Gasteiger partial charge on any atom is -0.493 e. The van der Waals surface area contributed by atoms with Gasteiger partial charge in [-0.25, -0.2) is 0 Å². The SMILES string of the molecule is CCCNCc1cnc(C)cc1OCCCC(C)C. The maximum Gasteiger partial charge on any atom is 0.127 e. The average Bonchev–Trinajstić information content (AvgIpc) is 2.37. The number of nitrogens with zero attached hydrogens (tertiary/aromatic N) is 1. The van der Waals surface area contributed by atoms with Crippen molar-refractivity contribution in [3.05, 3.63) is 23.5 Å². The molecule has 1 aromatic rings. The fraction of sp³-hybridized carbons (Fsp3) is 0.688. The highest BCUT2D eigenvalue weighted by molar-refractivity contribution is 5.32. The first-order chi connectivity index (χ1) is 9.13. The molecule has 0 saturated carbocycles. The molecule has 1 heterocycles. The smallest absolute Gasteiger partial charge is 0.127 e. The summed E-state index contributed by atoms with van der Waals surface area (Å²) in [7, 11) is 0. The van der Waals surface area contributed by atoms with Gasteiger partial charge in [-0.2, -0.15) is 0 Å². The number of aromatic nitrogens is 1. The minimum absolute atomic E-state index is 0.744. The van der Waals surface area contributed by atoms with E-state index in [4.69, 9.17) is 4.74 Å². The monoisotopic (exact) mass is 264 g/mol. The summed E-state index contributed by atoms with van der Waals surface area (Å²) in [5, 5.41) is 3.40. The zero-order valence-electron chi connectivity index (χ0n) is 12.8. The van der Waals surface area contributed by atoms with Gasteiger partial charge in [0.15, 0.2) is 0 Å². The highest BCUT2D eigenvalue weighted by Crippen LogP contribution is 2.19. The lowest BCUT2D eigenvalue weighted by molar-refractivity contribution is 0.293. The highest BCUT2D eigenvalue weighted by atomic mass is 16.5. The van der Waals surface area contributed by atoms with E-state index in [9.17, 15) is 0 Å². The van der Waals surface area contributed by atoms with Crippen molar-refractivity contribution in [3.63, 3.8) is 0 Å². The van der Waals surface area contributed by atoms with Crippen LogP contribution in [0.15, 0.2) is 12.3 Å². The van der Waals surface area contributed by atoms with Crippen molar-refractivity contribution in [3.8, 4) is 5.75 Å². The summed E-state index contributed by atoms with van der Waals surface area (Å²) < 4.78 is 5.92. The van der Waals surface area contributed by atoms with Crippen molar-refractivity contribution < 1.29 is 4.74 Å². The predicted octanol–water partition coefficient (Wildman–Crippen LogP) is 3.70. The van der Waals surface area contributed by atoms with E-state index in [1.165, 1.54) is 6.42 Å². The van der Waals surface area contributed by atoms with Gasteiger partial charge in [0, 0.05) is 30.1 Å². The normalized spacial score (nSPS) is 11.0. The van der Waals surface area contributed by atoms with Crippen LogP contribution in [0.5, 0.6) is 5.75 Å². The van der Waals surface area contributed by atoms with E-state index in [2.05, 4.69) is 31.1 Å². The Morgan fingerprint density at radius 1 is 1.37 bits per heavy atom. The molecule has 3 heteroatoms. The van der Waals surface area contributed by atoms with E-state index in [1.807, 2.05) is 19.2 Å². The van der Waals surface area contributed by atoms with Gasteiger partial charge in [0.05, 0.1) is 6.61 Å². The second-order valence-electron chi connectivity index (χ2n) is 5.49. The van der Waals surface area contributed by atoms with Gasteiger partial charge in [-0.05, 0) is 38.6 Å². The largest absolute Gasteiger partial charge is 0.493 e. The maximum atomic E-state index is 5.92. The molecular weight excluding hydrogens is 236 g/mol. The molecule has 0 aromatic carbocycles. The molecule has 1 aromatic heterocycles. The van der Waals surface area contributed by atoms with Crippen LogP contribution in [0.25, 0.3) is 0 Å². The lowest BCUT2D eigenvalue weighted by Gasteiger charge is -2.13. The third-order valence-electron chi connectivity index (χ3n) is 3.01. The Morgan fingerprint density at radius 2 is 2.16 bits per heavy atom. The van der Waals surface area contributed by atoms with Crippen LogP contribution in [0, 0.1) is 12.8 Å². The Morgan fingerprint density at radius 3 is 2.84 bits per heavy atom. The molecule has 19 heavy (non-hydrogen) atoms. The van der Waals surface area contributed by atoms with E-state index in [0.717, 1.165) is 55.5 Å². The summed E-state index contributed by atoms with van der Waals surface area (Å²) in [5.74, 6) is 1.73. The second kappa shape index (κ2) is 8.92. The Labute approximate surface area is 117 Å². The second-order valence-corrected chi connectivity index (χ2v) is 5.49. The van der Waals surface area contributed by atoms with Crippen molar-refractivity contribution in [2.24, 2.45) is 5.92 Å². The van der Waals surface area contributed by atoms with E-state index < -0.39 is 0 Å². The van der Waals surface area contributed by atoms with Crippen LogP contribution < -0.4 is 10.1 Å². The van der Waals surface area contributed by atoms with Crippen molar-refractivity contribution in [1.82, 2.24) is 10.3 Å². The quantitative estimate of drug-likeness (QED) is 0.690. The van der Waals surface area contributed by atoms with Crippen LogP contribution in [0.2, 0.25) is 0 Å². The lowest BCUT2D eigenvalue weighted by atomic mass is 10.1. The highest BCUT2D eigenvalue weighted by Gasteiger charge is 2.05. The zero-order valence-corrected chi connectivity index (χ0v) is 12.8. The van der Waals surface area contributed by atoms with Crippen LogP contribution in [-0.4, -0.2) is 18.1 Å². The Bertz CT molecular complexity index is 364. The zero-order chi connectivity index (χ0) is 14.1. The molecule has 0 aliphatic carbocycles. The van der Waals surface area contributed by atoms with Crippen molar-refractivity contribution in [2.45, 2.75) is 53.5 Å². The first-order valence-corrected chi connectivity index (χ1v) is 7.42. The number of pyridine rings is 1. The Kier molecular flexibility index (Phi) is 7.49. The summed E-state index contributed by atoms with van der Waals surface area (Å²) in [6, 6.07) is 2.04. The summed E-state index contributed by atoms with van der Waals surface area (Å²) in [6.45, 7) is 11.3. The van der Waals surface area contributed by atoms with E-state index in [0.29, 0.717) is 0 Å². The van der Waals surface area contributed by atoms with Crippen molar-refractivity contribution in [1.29, 1.82) is 0 Å². The summed E-state index contributed by atoms with van der Waals surface area (Å²) in [6.07, 6.45) is 5.40. The van der Waals surface area contributed by atoms with Gasteiger partial charge in [0.2, 0.25) is 0 Å². The molecule has 0 unspecified atom stereocenters. The average molecular weight is 264 g/mol. The molecule has 0 amide bonds. The molecule has 1 N–H and O–H groups in total. The van der Waals surface area contributed by atoms with Gasteiger partial charge >= 0.3 is 0 Å². The number of nitrogens with one attached hydrogen (secondary N) is 1. The first-order valence-electron chi connectivity index (χ1n) is 7.42. The molecule has 0 aliphatic heterocycles. The van der Waals surface area contributed by atoms with E-state index in [1.54, 1.807) is 0 Å². The molecule has 0 aliphatic rings. The Hall–Kier alpha value is -1.09. The van der Waals surface area contributed by atoms with Gasteiger partial charge in [-0.15, -0.1) is 0 Å². The van der Waals surface area contributed by atoms with Gasteiger partial charge in [-0.1, -0.05) is 20.8 Å². The fourth-order valence-electron chi connectivity index (χ4n) is 1.90. The van der Waals surface area contributed by atoms with E-state index in [-0.39, 0.29) is 0 Å². The molecule has 0 saturated heterocycles. The maximum absolute atomic E-state index is 5.92. The molecule has 0 spiro atoms. The van der Waals surface area contributed by atoms with Gasteiger partial charge < -0.3 is 10.1 Å². The van der Waals surface area contributed by atoms with E-state index >= 15 is 0 Å². The topological polar surface area (TPSA) is 34.2 Å². The predicted molar refractivity (Wildman–Crippen MR) is 80.5 cm³/mol. The molecule has 0 radical (unpaired) electrons. The van der Waals surface area contributed by atoms with Crippen molar-refractivity contribution in [2.75, 3.05) is 13.2 Å². The van der Waals surface area contributed by atoms with Crippen LogP contribution in [-0.2, 0) is 6.54 Å². The van der Waals surface area contributed by atoms with Gasteiger partial charge in [0.1, 0.15) is 5.75 Å². The molecule has 0 fully saturated rings. The minimum atomic E-state index is 0.744. The number of aryl methyl sites for hydroxylation is 1. The molecule has 1 rings (SSSR count). The lowest BCUT2D eigenvalue weighted by Crippen LogP contribution is -2.15. The van der Waals surface area contributed by atoms with Gasteiger partial charge in [0.25, 0.3) is 0 Å². The standard InChI is InChI=1S/C16H28N2O/c1-5-8-17-11-15-12-18-14(4)10-16(15)19-9-6-7-13(2)3/h10,12-13,17H,5-9,11H2,1-4H3. The first kappa shape index (κ1) is 16.0. The van der Waals surface area contributed by atoms with Crippen LogP contribution >= 0.6 is 0 Å². The molecular formula is C16H28N2O. The molecule has 0 atom stereocenters. The molecule has 108 valence electrons. The summed E-state index contributed by atoms with van der Waals surface area (Å²) in [4.78, 5) is 4.35. The number of hydrogen-bond donors (Lipinski definition) is 1. The number of rotatable bonds is 9. The number of hydrogen-bond acceptors (Lipinski definition) is 3. The van der Waals surface area contributed by atoms with Crippen molar-refractivity contribution >= 4 is 0 Å². The Balaban J connectivity index is 2.50. The third kappa shape index (κ3) is 6.58. The van der Waals surface area contributed by atoms with Crippen LogP contribution in [0.4, 0.5) is 0 Å². The summed E-state index contributed by atoms with van der Waals surface area (Å²) in [5.41, 5.74) is 2.17. The number of ether oxygens (including phenoxy) is 1. The summed E-state index contributed by atoms with van der Waals surface area (Å²) >= 11 is 0. The van der Waals surface area contributed by atoms with Gasteiger partial charge in [-0.3, -0.25) is 4.98 Å².